The monoisotopic (exact) mass is 370 g/mol. The normalized spacial score (nSPS) is 11.1. The summed E-state index contributed by atoms with van der Waals surface area (Å²) in [5, 5.41) is 0.800. The van der Waals surface area contributed by atoms with E-state index in [0.717, 1.165) is 34.2 Å². The predicted octanol–water partition coefficient (Wildman–Crippen LogP) is 5.09. The molecular weight excluding hydrogens is 348 g/mol. The van der Waals surface area contributed by atoms with Gasteiger partial charge in [0.15, 0.2) is 0 Å². The number of esters is 1. The van der Waals surface area contributed by atoms with E-state index < -0.39 is 5.63 Å². The first kappa shape index (κ1) is 18.4. The van der Waals surface area contributed by atoms with Crippen molar-refractivity contribution in [2.24, 2.45) is 0 Å². The van der Waals surface area contributed by atoms with Gasteiger partial charge in [0.1, 0.15) is 17.1 Å². The van der Waals surface area contributed by atoms with Gasteiger partial charge in [-0.3, -0.25) is 0 Å². The van der Waals surface area contributed by atoms with Crippen molar-refractivity contribution in [3.63, 3.8) is 0 Å². The lowest BCUT2D eigenvalue weighted by Gasteiger charge is -2.09. The van der Waals surface area contributed by atoms with Crippen molar-refractivity contribution < 1.29 is 13.9 Å². The van der Waals surface area contributed by atoms with Crippen molar-refractivity contribution in [1.82, 2.24) is 0 Å². The molecule has 0 atom stereocenters. The lowest BCUT2D eigenvalue weighted by atomic mass is 10.0. The highest BCUT2D eigenvalue weighted by molar-refractivity contribution is 7.14. The Morgan fingerprint density at radius 1 is 1.15 bits per heavy atom. The Labute approximate surface area is 156 Å². The molecule has 0 unspecified atom stereocenters. The highest BCUT2D eigenvalue weighted by Crippen LogP contribution is 2.26. The number of benzene rings is 1. The van der Waals surface area contributed by atoms with E-state index in [-0.39, 0.29) is 12.6 Å². The zero-order valence-corrected chi connectivity index (χ0v) is 16.3. The highest BCUT2D eigenvalue weighted by Gasteiger charge is 2.15. The van der Waals surface area contributed by atoms with Gasteiger partial charge in [0.25, 0.3) is 0 Å². The van der Waals surface area contributed by atoms with E-state index in [4.69, 9.17) is 9.15 Å². The summed E-state index contributed by atoms with van der Waals surface area (Å²) in [6.45, 7) is 8.07. The summed E-state index contributed by atoms with van der Waals surface area (Å²) in [5.74, 6) is -0.356. The molecule has 0 bridgehead atoms. The molecule has 0 spiro atoms. The SMILES string of the molecule is CCCc1cc(C(=O)OCc2cc(=O)oc3c(C)c(C)ccc23)sc1C. The fourth-order valence-electron chi connectivity index (χ4n) is 3.00. The molecule has 136 valence electrons. The zero-order valence-electron chi connectivity index (χ0n) is 15.5. The van der Waals surface area contributed by atoms with Crippen molar-refractivity contribution in [2.45, 2.75) is 47.1 Å². The number of carbonyl (C=O) groups excluding carboxylic acids is 1. The number of thiophene rings is 1. The van der Waals surface area contributed by atoms with Gasteiger partial charge in [0.05, 0.1) is 0 Å². The first-order chi connectivity index (χ1) is 12.4. The van der Waals surface area contributed by atoms with Crippen LogP contribution in [0.15, 0.2) is 33.5 Å². The average molecular weight is 370 g/mol. The first-order valence-corrected chi connectivity index (χ1v) is 9.51. The maximum Gasteiger partial charge on any atom is 0.348 e. The van der Waals surface area contributed by atoms with E-state index >= 15 is 0 Å². The Morgan fingerprint density at radius 3 is 2.65 bits per heavy atom. The molecule has 2 aromatic heterocycles. The molecule has 3 aromatic rings. The van der Waals surface area contributed by atoms with Gasteiger partial charge in [-0.05, 0) is 49.9 Å². The maximum absolute atomic E-state index is 12.4. The molecule has 4 nitrogen and oxygen atoms in total. The van der Waals surface area contributed by atoms with Crippen LogP contribution in [0.4, 0.5) is 0 Å². The first-order valence-electron chi connectivity index (χ1n) is 8.70. The smallest absolute Gasteiger partial charge is 0.348 e. The number of hydrogen-bond donors (Lipinski definition) is 0. The van der Waals surface area contributed by atoms with E-state index in [1.165, 1.54) is 23.0 Å². The summed E-state index contributed by atoms with van der Waals surface area (Å²) in [6.07, 6.45) is 2.00. The summed E-state index contributed by atoms with van der Waals surface area (Å²) in [4.78, 5) is 26.1. The van der Waals surface area contributed by atoms with Gasteiger partial charge in [-0.25, -0.2) is 9.59 Å². The van der Waals surface area contributed by atoms with Gasteiger partial charge in [-0.2, -0.15) is 0 Å². The Balaban J connectivity index is 1.86. The van der Waals surface area contributed by atoms with E-state index in [9.17, 15) is 9.59 Å². The van der Waals surface area contributed by atoms with Gasteiger partial charge < -0.3 is 9.15 Å². The van der Waals surface area contributed by atoms with E-state index in [0.29, 0.717) is 16.0 Å². The predicted molar refractivity (Wildman–Crippen MR) is 104 cm³/mol. The van der Waals surface area contributed by atoms with Crippen LogP contribution < -0.4 is 5.63 Å². The Bertz CT molecular complexity index is 1030. The van der Waals surface area contributed by atoms with Crippen LogP contribution in [0.25, 0.3) is 11.0 Å². The highest BCUT2D eigenvalue weighted by atomic mass is 32.1. The van der Waals surface area contributed by atoms with Crippen LogP contribution in [0.5, 0.6) is 0 Å². The Hall–Kier alpha value is -2.40. The third kappa shape index (κ3) is 3.58. The second-order valence-corrected chi connectivity index (χ2v) is 7.75. The van der Waals surface area contributed by atoms with Crippen LogP contribution in [0.3, 0.4) is 0 Å². The van der Waals surface area contributed by atoms with Crippen molar-refractivity contribution >= 4 is 28.3 Å². The van der Waals surface area contributed by atoms with Gasteiger partial charge in [0.2, 0.25) is 0 Å². The molecule has 0 aliphatic rings. The van der Waals surface area contributed by atoms with E-state index in [1.807, 2.05) is 39.0 Å². The molecule has 26 heavy (non-hydrogen) atoms. The fraction of sp³-hybridized carbons (Fsp3) is 0.333. The van der Waals surface area contributed by atoms with Gasteiger partial charge in [-0.15, -0.1) is 11.3 Å². The van der Waals surface area contributed by atoms with Crippen molar-refractivity contribution in [2.75, 3.05) is 0 Å². The van der Waals surface area contributed by atoms with Crippen LogP contribution >= 0.6 is 11.3 Å². The van der Waals surface area contributed by atoms with Gasteiger partial charge in [-0.1, -0.05) is 25.5 Å². The molecule has 0 saturated carbocycles. The van der Waals surface area contributed by atoms with Crippen LogP contribution in [0, 0.1) is 20.8 Å². The van der Waals surface area contributed by atoms with Gasteiger partial charge in [0, 0.05) is 21.9 Å². The summed E-state index contributed by atoms with van der Waals surface area (Å²) in [5.41, 5.74) is 3.95. The van der Waals surface area contributed by atoms with Gasteiger partial charge >= 0.3 is 11.6 Å². The number of rotatable bonds is 5. The minimum atomic E-state index is -0.436. The quantitative estimate of drug-likeness (QED) is 0.464. The summed E-state index contributed by atoms with van der Waals surface area (Å²) in [6, 6.07) is 7.18. The number of carbonyl (C=O) groups is 1. The molecule has 0 N–H and O–H groups in total. The Morgan fingerprint density at radius 2 is 1.92 bits per heavy atom. The van der Waals surface area contributed by atoms with E-state index in [2.05, 4.69) is 6.92 Å². The number of ether oxygens (including phenoxy) is 1. The summed E-state index contributed by atoms with van der Waals surface area (Å²) < 4.78 is 10.8. The molecule has 3 rings (SSSR count). The molecule has 0 aliphatic heterocycles. The second kappa shape index (κ2) is 7.46. The summed E-state index contributed by atoms with van der Waals surface area (Å²) >= 11 is 1.45. The van der Waals surface area contributed by atoms with Crippen molar-refractivity contribution in [1.29, 1.82) is 0 Å². The van der Waals surface area contributed by atoms with Crippen LogP contribution in [-0.4, -0.2) is 5.97 Å². The largest absolute Gasteiger partial charge is 0.457 e. The molecule has 5 heteroatoms. The minimum absolute atomic E-state index is 0.0451. The molecule has 0 amide bonds. The van der Waals surface area contributed by atoms with Crippen molar-refractivity contribution in [3.8, 4) is 0 Å². The number of aryl methyl sites for hydroxylation is 4. The molecule has 0 saturated heterocycles. The number of fused-ring (bicyclic) bond motifs is 1. The molecular formula is C21H22O4S. The summed E-state index contributed by atoms with van der Waals surface area (Å²) in [7, 11) is 0. The molecule has 2 heterocycles. The molecule has 0 radical (unpaired) electrons. The lowest BCUT2D eigenvalue weighted by Crippen LogP contribution is -2.07. The maximum atomic E-state index is 12.4. The van der Waals surface area contributed by atoms with E-state index in [1.54, 1.807) is 0 Å². The standard InChI is InChI=1S/C21H22O4S/c1-5-6-15-9-18(26-14(15)4)21(23)24-11-16-10-19(22)25-20-13(3)12(2)7-8-17(16)20/h7-10H,5-6,11H2,1-4H3. The second-order valence-electron chi connectivity index (χ2n) is 6.49. The van der Waals surface area contributed by atoms with Crippen LogP contribution in [-0.2, 0) is 17.8 Å². The third-order valence-corrected chi connectivity index (χ3v) is 5.69. The molecule has 0 aliphatic carbocycles. The lowest BCUT2D eigenvalue weighted by molar-refractivity contribution is 0.0479. The Kier molecular flexibility index (Phi) is 5.28. The zero-order chi connectivity index (χ0) is 18.8. The minimum Gasteiger partial charge on any atom is -0.457 e. The van der Waals surface area contributed by atoms with Crippen LogP contribution in [0.1, 0.15) is 50.1 Å². The molecule has 0 fully saturated rings. The fourth-order valence-corrected chi connectivity index (χ4v) is 3.96. The van der Waals surface area contributed by atoms with Crippen LogP contribution in [0.2, 0.25) is 0 Å². The van der Waals surface area contributed by atoms with Crippen molar-refractivity contribution in [3.05, 3.63) is 66.7 Å². The third-order valence-electron chi connectivity index (χ3n) is 4.62. The number of hydrogen-bond acceptors (Lipinski definition) is 5. The molecule has 1 aromatic carbocycles. The average Bonchev–Trinajstić information content (AvgIpc) is 2.97. The topological polar surface area (TPSA) is 56.5 Å².